The van der Waals surface area contributed by atoms with Gasteiger partial charge in [-0.1, -0.05) is 6.07 Å². The number of nitrogens with two attached hydrogens (primary N) is 1. The molecule has 0 saturated heterocycles. The number of amides is 1. The monoisotopic (exact) mass is 233 g/mol. The van der Waals surface area contributed by atoms with Crippen LogP contribution in [-0.4, -0.2) is 26.0 Å². The van der Waals surface area contributed by atoms with Gasteiger partial charge in [0.15, 0.2) is 0 Å². The fourth-order valence-corrected chi connectivity index (χ4v) is 2.32. The van der Waals surface area contributed by atoms with Crippen molar-refractivity contribution in [1.82, 2.24) is 5.32 Å². The van der Waals surface area contributed by atoms with Crippen molar-refractivity contribution in [1.29, 1.82) is 0 Å². The topological polar surface area (TPSA) is 58.4 Å². The number of nitrogens with zero attached hydrogens (tertiary/aromatic N) is 1. The summed E-state index contributed by atoms with van der Waals surface area (Å²) >= 11 is 0. The number of nitrogens with one attached hydrogen (secondary N) is 1. The molecule has 0 aromatic heterocycles. The largest absolute Gasteiger partial charge is 0.398 e. The lowest BCUT2D eigenvalue weighted by molar-refractivity contribution is -0.120. The van der Waals surface area contributed by atoms with Crippen LogP contribution in [0.25, 0.3) is 0 Å². The van der Waals surface area contributed by atoms with Crippen LogP contribution in [0.15, 0.2) is 18.2 Å². The fourth-order valence-electron chi connectivity index (χ4n) is 2.32. The van der Waals surface area contributed by atoms with Gasteiger partial charge in [-0.05, 0) is 25.0 Å². The summed E-state index contributed by atoms with van der Waals surface area (Å²) in [5.41, 5.74) is 9.32. The molecule has 0 atom stereocenters. The Labute approximate surface area is 102 Å². The Morgan fingerprint density at radius 2 is 2.35 bits per heavy atom. The van der Waals surface area contributed by atoms with Crippen LogP contribution in [0.1, 0.15) is 18.4 Å². The van der Waals surface area contributed by atoms with Crippen molar-refractivity contribution in [3.05, 3.63) is 23.8 Å². The second-order valence-electron chi connectivity index (χ2n) is 4.36. The molecule has 4 nitrogen and oxygen atoms in total. The molecule has 1 amide bonds. The second-order valence-corrected chi connectivity index (χ2v) is 4.36. The van der Waals surface area contributed by atoms with Crippen LogP contribution in [0.2, 0.25) is 0 Å². The Hall–Kier alpha value is -1.71. The lowest BCUT2D eigenvalue weighted by atomic mass is 10.1. The van der Waals surface area contributed by atoms with E-state index < -0.39 is 0 Å². The van der Waals surface area contributed by atoms with Gasteiger partial charge in [0, 0.05) is 43.5 Å². The third kappa shape index (κ3) is 2.52. The van der Waals surface area contributed by atoms with Crippen molar-refractivity contribution < 1.29 is 4.79 Å². The van der Waals surface area contributed by atoms with Gasteiger partial charge >= 0.3 is 0 Å². The summed E-state index contributed by atoms with van der Waals surface area (Å²) < 4.78 is 0. The first-order chi connectivity index (χ1) is 8.22. The number of carbonyl (C=O) groups excluding carboxylic acids is 1. The molecule has 0 saturated carbocycles. The zero-order chi connectivity index (χ0) is 12.3. The van der Waals surface area contributed by atoms with E-state index in [9.17, 15) is 4.79 Å². The molecule has 1 heterocycles. The number of hydrogen-bond acceptors (Lipinski definition) is 3. The molecule has 0 aliphatic carbocycles. The molecular formula is C13H19N3O. The van der Waals surface area contributed by atoms with E-state index >= 15 is 0 Å². The van der Waals surface area contributed by atoms with Gasteiger partial charge in [-0.2, -0.15) is 0 Å². The Bertz CT molecular complexity index is 417. The van der Waals surface area contributed by atoms with Crippen molar-refractivity contribution >= 4 is 17.3 Å². The minimum Gasteiger partial charge on any atom is -0.398 e. The molecule has 1 aromatic carbocycles. The Kier molecular flexibility index (Phi) is 3.52. The number of carbonyl (C=O) groups is 1. The second kappa shape index (κ2) is 5.08. The van der Waals surface area contributed by atoms with Crippen LogP contribution in [0, 0.1) is 0 Å². The lowest BCUT2D eigenvalue weighted by Crippen LogP contribution is -2.24. The molecule has 0 spiro atoms. The summed E-state index contributed by atoms with van der Waals surface area (Å²) in [4.78, 5) is 13.4. The van der Waals surface area contributed by atoms with E-state index in [1.807, 2.05) is 12.1 Å². The van der Waals surface area contributed by atoms with Crippen molar-refractivity contribution in [2.45, 2.75) is 19.3 Å². The summed E-state index contributed by atoms with van der Waals surface area (Å²) in [6.07, 6.45) is 2.49. The molecule has 1 aromatic rings. The lowest BCUT2D eigenvalue weighted by Gasteiger charge is -2.19. The first-order valence-corrected chi connectivity index (χ1v) is 6.05. The molecule has 2 rings (SSSR count). The maximum absolute atomic E-state index is 11.1. The van der Waals surface area contributed by atoms with Crippen molar-refractivity contribution in [3.8, 4) is 0 Å². The highest BCUT2D eigenvalue weighted by Crippen LogP contribution is 2.31. The normalized spacial score (nSPS) is 13.6. The maximum atomic E-state index is 11.1. The van der Waals surface area contributed by atoms with Gasteiger partial charge in [0.2, 0.25) is 5.91 Å². The molecule has 0 unspecified atom stereocenters. The third-order valence-electron chi connectivity index (χ3n) is 3.27. The summed E-state index contributed by atoms with van der Waals surface area (Å²) in [6, 6.07) is 6.05. The van der Waals surface area contributed by atoms with E-state index in [0.29, 0.717) is 6.42 Å². The van der Waals surface area contributed by atoms with E-state index in [0.717, 1.165) is 31.6 Å². The average Bonchev–Trinajstić information content (AvgIpc) is 2.74. The molecule has 0 radical (unpaired) electrons. The summed E-state index contributed by atoms with van der Waals surface area (Å²) in [5, 5.41) is 2.64. The van der Waals surface area contributed by atoms with Crippen molar-refractivity contribution in [2.75, 3.05) is 30.8 Å². The highest BCUT2D eigenvalue weighted by atomic mass is 16.1. The first-order valence-electron chi connectivity index (χ1n) is 6.05. The van der Waals surface area contributed by atoms with Crippen LogP contribution >= 0.6 is 0 Å². The minimum absolute atomic E-state index is 0.108. The van der Waals surface area contributed by atoms with Gasteiger partial charge in [-0.3, -0.25) is 4.79 Å². The number of nitrogen functional groups attached to an aromatic ring is 1. The van der Waals surface area contributed by atoms with Crippen molar-refractivity contribution in [3.63, 3.8) is 0 Å². The van der Waals surface area contributed by atoms with E-state index in [1.165, 1.54) is 11.3 Å². The van der Waals surface area contributed by atoms with E-state index in [2.05, 4.69) is 16.3 Å². The predicted octanol–water partition coefficient (Wildman–Crippen LogP) is 1.16. The maximum Gasteiger partial charge on any atom is 0.219 e. The van der Waals surface area contributed by atoms with Crippen LogP contribution in [-0.2, 0) is 11.2 Å². The smallest absolute Gasteiger partial charge is 0.219 e. The van der Waals surface area contributed by atoms with E-state index in [-0.39, 0.29) is 5.91 Å². The predicted molar refractivity (Wildman–Crippen MR) is 70.1 cm³/mol. The molecule has 92 valence electrons. The Morgan fingerprint density at radius 1 is 1.53 bits per heavy atom. The standard InChI is InChI=1S/C13H19N3O/c1-15-13(17)6-3-8-16-9-7-10-11(14)4-2-5-12(10)16/h2,4-5H,3,6-9,14H2,1H3,(H,15,17). The van der Waals surface area contributed by atoms with Gasteiger partial charge in [0.25, 0.3) is 0 Å². The quantitative estimate of drug-likeness (QED) is 0.767. The summed E-state index contributed by atoms with van der Waals surface area (Å²) in [5.74, 6) is 0.108. The van der Waals surface area contributed by atoms with E-state index in [4.69, 9.17) is 5.73 Å². The fraction of sp³-hybridized carbons (Fsp3) is 0.462. The van der Waals surface area contributed by atoms with Crippen LogP contribution in [0.3, 0.4) is 0 Å². The van der Waals surface area contributed by atoms with Gasteiger partial charge in [-0.25, -0.2) is 0 Å². The van der Waals surface area contributed by atoms with Gasteiger partial charge in [-0.15, -0.1) is 0 Å². The van der Waals surface area contributed by atoms with Crippen LogP contribution < -0.4 is 16.0 Å². The Balaban J connectivity index is 1.94. The van der Waals surface area contributed by atoms with Gasteiger partial charge < -0.3 is 16.0 Å². The molecule has 17 heavy (non-hydrogen) atoms. The highest BCUT2D eigenvalue weighted by Gasteiger charge is 2.20. The number of fused-ring (bicyclic) bond motifs is 1. The Morgan fingerprint density at radius 3 is 3.12 bits per heavy atom. The third-order valence-corrected chi connectivity index (χ3v) is 3.27. The minimum atomic E-state index is 0.108. The van der Waals surface area contributed by atoms with Crippen LogP contribution in [0.4, 0.5) is 11.4 Å². The zero-order valence-electron chi connectivity index (χ0n) is 10.2. The number of rotatable bonds is 4. The molecule has 4 heteroatoms. The van der Waals surface area contributed by atoms with Crippen molar-refractivity contribution in [2.24, 2.45) is 0 Å². The number of benzene rings is 1. The average molecular weight is 233 g/mol. The van der Waals surface area contributed by atoms with Gasteiger partial charge in [0.05, 0.1) is 0 Å². The molecule has 0 bridgehead atoms. The molecule has 0 fully saturated rings. The molecule has 1 aliphatic rings. The SMILES string of the molecule is CNC(=O)CCCN1CCc2c(N)cccc21. The first kappa shape index (κ1) is 11.8. The van der Waals surface area contributed by atoms with Crippen LogP contribution in [0.5, 0.6) is 0 Å². The summed E-state index contributed by atoms with van der Waals surface area (Å²) in [7, 11) is 1.67. The number of anilines is 2. The zero-order valence-corrected chi connectivity index (χ0v) is 10.2. The summed E-state index contributed by atoms with van der Waals surface area (Å²) in [6.45, 7) is 1.93. The van der Waals surface area contributed by atoms with Gasteiger partial charge in [0.1, 0.15) is 0 Å². The number of hydrogen-bond donors (Lipinski definition) is 2. The molecule has 1 aliphatic heterocycles. The van der Waals surface area contributed by atoms with E-state index in [1.54, 1.807) is 7.05 Å². The molecular weight excluding hydrogens is 214 g/mol. The molecule has 3 N–H and O–H groups in total. The highest BCUT2D eigenvalue weighted by molar-refractivity contribution is 5.75.